The third-order valence-electron chi connectivity index (χ3n) is 3.89. The Kier molecular flexibility index (Phi) is 3.27. The fourth-order valence-corrected chi connectivity index (χ4v) is 2.45. The van der Waals surface area contributed by atoms with E-state index >= 15 is 0 Å². The summed E-state index contributed by atoms with van der Waals surface area (Å²) in [5.74, 6) is -0.389. The summed E-state index contributed by atoms with van der Waals surface area (Å²) >= 11 is 0. The van der Waals surface area contributed by atoms with Crippen molar-refractivity contribution >= 4 is 5.69 Å². The lowest BCUT2D eigenvalue weighted by Gasteiger charge is -2.51. The molecule has 1 N–H and O–H groups in total. The van der Waals surface area contributed by atoms with E-state index in [4.69, 9.17) is 10.00 Å². The lowest BCUT2D eigenvalue weighted by molar-refractivity contribution is -0.0794. The van der Waals surface area contributed by atoms with Gasteiger partial charge in [-0.15, -0.1) is 0 Å². The molecule has 0 aliphatic heterocycles. The lowest BCUT2D eigenvalue weighted by atomic mass is 9.64. The Morgan fingerprint density at radius 1 is 1.50 bits per heavy atom. The molecule has 1 saturated carbocycles. The summed E-state index contributed by atoms with van der Waals surface area (Å²) in [5, 5.41) is 12.3. The monoisotopic (exact) mass is 248 g/mol. The molecule has 2 rings (SSSR count). The Morgan fingerprint density at radius 2 is 2.22 bits per heavy atom. The van der Waals surface area contributed by atoms with Crippen molar-refractivity contribution in [1.82, 2.24) is 0 Å². The molecule has 0 aromatic heterocycles. The Morgan fingerprint density at radius 3 is 2.78 bits per heavy atom. The summed E-state index contributed by atoms with van der Waals surface area (Å²) in [7, 11) is 1.71. The quantitative estimate of drug-likeness (QED) is 0.894. The van der Waals surface area contributed by atoms with Gasteiger partial charge < -0.3 is 10.1 Å². The third-order valence-corrected chi connectivity index (χ3v) is 3.89. The summed E-state index contributed by atoms with van der Waals surface area (Å²) in [6.07, 6.45) is 1.12. The molecule has 2 atom stereocenters. The number of halogens is 1. The Bertz CT molecular complexity index is 493. The van der Waals surface area contributed by atoms with E-state index in [1.165, 1.54) is 12.1 Å². The van der Waals surface area contributed by atoms with Gasteiger partial charge in [-0.3, -0.25) is 0 Å². The maximum Gasteiger partial charge on any atom is 0.124 e. The molecule has 18 heavy (non-hydrogen) atoms. The van der Waals surface area contributed by atoms with Crippen LogP contribution in [0.1, 0.15) is 25.8 Å². The molecule has 2 unspecified atom stereocenters. The first-order valence-corrected chi connectivity index (χ1v) is 5.98. The summed E-state index contributed by atoms with van der Waals surface area (Å²) in [6.45, 7) is 4.25. The molecule has 96 valence electrons. The molecule has 1 aliphatic rings. The van der Waals surface area contributed by atoms with Crippen molar-refractivity contribution < 1.29 is 9.13 Å². The van der Waals surface area contributed by atoms with Crippen molar-refractivity contribution in [3.05, 3.63) is 29.6 Å². The average molecular weight is 248 g/mol. The smallest absolute Gasteiger partial charge is 0.124 e. The zero-order valence-electron chi connectivity index (χ0n) is 10.8. The van der Waals surface area contributed by atoms with Gasteiger partial charge in [0.15, 0.2) is 0 Å². The maximum absolute atomic E-state index is 13.0. The molecule has 1 aromatic rings. The number of benzene rings is 1. The number of hydrogen-bond acceptors (Lipinski definition) is 3. The largest absolute Gasteiger partial charge is 0.381 e. The Balaban J connectivity index is 2.15. The number of anilines is 1. The van der Waals surface area contributed by atoms with Crippen LogP contribution in [0.4, 0.5) is 10.1 Å². The number of nitrogens with zero attached hydrogens (tertiary/aromatic N) is 1. The predicted octanol–water partition coefficient (Wildman–Crippen LogP) is 2.92. The van der Waals surface area contributed by atoms with E-state index in [1.807, 2.05) is 6.07 Å². The van der Waals surface area contributed by atoms with Gasteiger partial charge in [-0.1, -0.05) is 13.8 Å². The molecule has 1 aliphatic carbocycles. The molecule has 0 spiro atoms. The Labute approximate surface area is 107 Å². The molecular weight excluding hydrogens is 231 g/mol. The van der Waals surface area contributed by atoms with Gasteiger partial charge in [0.2, 0.25) is 0 Å². The molecule has 3 nitrogen and oxygen atoms in total. The summed E-state index contributed by atoms with van der Waals surface area (Å²) in [4.78, 5) is 0. The van der Waals surface area contributed by atoms with Crippen molar-refractivity contribution in [2.24, 2.45) is 5.41 Å². The van der Waals surface area contributed by atoms with Crippen LogP contribution in [-0.2, 0) is 4.74 Å². The number of nitriles is 1. The van der Waals surface area contributed by atoms with Crippen molar-refractivity contribution in [2.75, 3.05) is 12.4 Å². The zero-order chi connectivity index (χ0) is 13.3. The number of nitrogens with one attached hydrogen (secondary N) is 1. The van der Waals surface area contributed by atoms with Gasteiger partial charge in [-0.05, 0) is 24.6 Å². The van der Waals surface area contributed by atoms with Gasteiger partial charge in [0, 0.05) is 18.6 Å². The van der Waals surface area contributed by atoms with Gasteiger partial charge in [-0.25, -0.2) is 4.39 Å². The van der Waals surface area contributed by atoms with Crippen LogP contribution in [0.15, 0.2) is 18.2 Å². The molecule has 0 saturated heterocycles. The van der Waals surface area contributed by atoms with Crippen LogP contribution in [0, 0.1) is 22.6 Å². The Hall–Kier alpha value is -1.60. The molecule has 1 aromatic carbocycles. The summed E-state index contributed by atoms with van der Waals surface area (Å²) < 4.78 is 18.4. The highest BCUT2D eigenvalue weighted by molar-refractivity contribution is 5.58. The first-order chi connectivity index (χ1) is 8.48. The van der Waals surface area contributed by atoms with Gasteiger partial charge in [0.05, 0.1) is 17.4 Å². The molecule has 0 heterocycles. The predicted molar refractivity (Wildman–Crippen MR) is 67.7 cm³/mol. The maximum atomic E-state index is 13.0. The minimum atomic E-state index is -0.389. The van der Waals surface area contributed by atoms with Crippen LogP contribution in [-0.4, -0.2) is 19.3 Å². The fourth-order valence-electron chi connectivity index (χ4n) is 2.45. The van der Waals surface area contributed by atoms with E-state index in [1.54, 1.807) is 13.2 Å². The van der Waals surface area contributed by atoms with E-state index in [9.17, 15) is 4.39 Å². The standard InChI is InChI=1S/C14H17FN2O/c1-14(2)12(7-13(14)18-3)17-11-5-4-10(15)6-9(11)8-16/h4-6,12-13,17H,7H2,1-3H3. The van der Waals surface area contributed by atoms with Crippen LogP contribution in [0.2, 0.25) is 0 Å². The van der Waals surface area contributed by atoms with Crippen molar-refractivity contribution in [3.8, 4) is 6.07 Å². The molecule has 0 bridgehead atoms. The van der Waals surface area contributed by atoms with Crippen LogP contribution >= 0.6 is 0 Å². The van der Waals surface area contributed by atoms with E-state index in [0.717, 1.165) is 6.42 Å². The first kappa shape index (κ1) is 12.8. The lowest BCUT2D eigenvalue weighted by Crippen LogP contribution is -2.57. The number of methoxy groups -OCH3 is 1. The van der Waals surface area contributed by atoms with Crippen LogP contribution in [0.25, 0.3) is 0 Å². The number of rotatable bonds is 3. The summed E-state index contributed by atoms with van der Waals surface area (Å²) in [5.41, 5.74) is 1.04. The van der Waals surface area contributed by atoms with Gasteiger partial charge in [0.25, 0.3) is 0 Å². The SMILES string of the molecule is COC1CC(Nc2ccc(F)cc2C#N)C1(C)C. The second-order valence-corrected chi connectivity index (χ2v) is 5.28. The average Bonchev–Trinajstić information content (AvgIpc) is 2.35. The van der Waals surface area contributed by atoms with E-state index in [0.29, 0.717) is 11.3 Å². The minimum Gasteiger partial charge on any atom is -0.381 e. The van der Waals surface area contributed by atoms with Crippen LogP contribution < -0.4 is 5.32 Å². The van der Waals surface area contributed by atoms with Crippen LogP contribution in [0.5, 0.6) is 0 Å². The van der Waals surface area contributed by atoms with Crippen LogP contribution in [0.3, 0.4) is 0 Å². The zero-order valence-corrected chi connectivity index (χ0v) is 10.8. The van der Waals surface area contributed by atoms with Crippen molar-refractivity contribution in [3.63, 3.8) is 0 Å². The highest BCUT2D eigenvalue weighted by Gasteiger charge is 2.48. The molecule has 1 fully saturated rings. The van der Waals surface area contributed by atoms with Gasteiger partial charge in [-0.2, -0.15) is 5.26 Å². The van der Waals surface area contributed by atoms with Gasteiger partial charge >= 0.3 is 0 Å². The van der Waals surface area contributed by atoms with Crippen molar-refractivity contribution in [2.45, 2.75) is 32.4 Å². The first-order valence-electron chi connectivity index (χ1n) is 5.98. The third kappa shape index (κ3) is 2.06. The summed E-state index contributed by atoms with van der Waals surface area (Å²) in [6, 6.07) is 6.48. The fraction of sp³-hybridized carbons (Fsp3) is 0.500. The van der Waals surface area contributed by atoms with Crippen molar-refractivity contribution in [1.29, 1.82) is 5.26 Å². The molecule has 0 amide bonds. The number of ether oxygens (including phenoxy) is 1. The highest BCUT2D eigenvalue weighted by Crippen LogP contribution is 2.44. The second-order valence-electron chi connectivity index (χ2n) is 5.28. The highest BCUT2D eigenvalue weighted by atomic mass is 19.1. The van der Waals surface area contributed by atoms with E-state index in [2.05, 4.69) is 19.2 Å². The van der Waals surface area contributed by atoms with E-state index < -0.39 is 0 Å². The molecule has 4 heteroatoms. The normalized spacial score (nSPS) is 25.1. The molecule has 0 radical (unpaired) electrons. The van der Waals surface area contributed by atoms with E-state index in [-0.39, 0.29) is 23.4 Å². The number of hydrogen-bond donors (Lipinski definition) is 1. The molecular formula is C14H17FN2O. The second kappa shape index (κ2) is 4.58. The topological polar surface area (TPSA) is 45.0 Å². The minimum absolute atomic E-state index is 0.00978. The van der Waals surface area contributed by atoms with Gasteiger partial charge in [0.1, 0.15) is 11.9 Å².